The molecule has 17 heavy (non-hydrogen) atoms. The lowest BCUT2D eigenvalue weighted by Crippen LogP contribution is -2.51. The Morgan fingerprint density at radius 1 is 1.12 bits per heavy atom. The maximum Gasteiger partial charge on any atom is 0.246 e. The van der Waals surface area contributed by atoms with Crippen molar-refractivity contribution in [2.45, 2.75) is 6.92 Å². The number of carbonyl (C=O) groups is 3. The zero-order valence-electron chi connectivity index (χ0n) is 9.40. The first kappa shape index (κ1) is 11.3. The Labute approximate surface area is 98.4 Å². The lowest BCUT2D eigenvalue weighted by atomic mass is 10.1. The van der Waals surface area contributed by atoms with Crippen molar-refractivity contribution in [3.63, 3.8) is 0 Å². The molecule has 0 saturated carbocycles. The van der Waals surface area contributed by atoms with Gasteiger partial charge < -0.3 is 4.90 Å². The van der Waals surface area contributed by atoms with Crippen LogP contribution >= 0.6 is 0 Å². The highest BCUT2D eigenvalue weighted by Gasteiger charge is 2.22. The van der Waals surface area contributed by atoms with Crippen molar-refractivity contribution in [2.75, 3.05) is 18.0 Å². The van der Waals surface area contributed by atoms with Gasteiger partial charge in [0.05, 0.1) is 13.1 Å². The number of anilines is 1. The second-order valence-electron chi connectivity index (χ2n) is 3.93. The monoisotopic (exact) mass is 232 g/mol. The van der Waals surface area contributed by atoms with Gasteiger partial charge in [0, 0.05) is 11.3 Å². The van der Waals surface area contributed by atoms with Crippen molar-refractivity contribution < 1.29 is 14.4 Å². The van der Waals surface area contributed by atoms with Crippen LogP contribution in [0.4, 0.5) is 5.69 Å². The van der Waals surface area contributed by atoms with Crippen LogP contribution in [0.1, 0.15) is 17.3 Å². The molecule has 0 aromatic heterocycles. The van der Waals surface area contributed by atoms with Gasteiger partial charge in [-0.2, -0.15) is 0 Å². The van der Waals surface area contributed by atoms with Gasteiger partial charge in [-0.05, 0) is 31.2 Å². The first-order valence-electron chi connectivity index (χ1n) is 5.25. The Morgan fingerprint density at radius 3 is 2.12 bits per heavy atom. The molecule has 5 heteroatoms. The number of carbonyl (C=O) groups excluding carboxylic acids is 3. The number of nitrogens with one attached hydrogen (secondary N) is 1. The van der Waals surface area contributed by atoms with E-state index in [1.165, 1.54) is 6.92 Å². The van der Waals surface area contributed by atoms with E-state index in [2.05, 4.69) is 5.32 Å². The quantitative estimate of drug-likeness (QED) is 0.590. The summed E-state index contributed by atoms with van der Waals surface area (Å²) in [5, 5.41) is 2.23. The second kappa shape index (κ2) is 4.37. The van der Waals surface area contributed by atoms with Crippen LogP contribution in [-0.2, 0) is 9.59 Å². The van der Waals surface area contributed by atoms with Crippen LogP contribution in [0.3, 0.4) is 0 Å². The van der Waals surface area contributed by atoms with Gasteiger partial charge in [-0.15, -0.1) is 0 Å². The highest BCUT2D eigenvalue weighted by atomic mass is 16.2. The highest BCUT2D eigenvalue weighted by Crippen LogP contribution is 2.16. The molecule has 1 heterocycles. The normalized spacial score (nSPS) is 15.7. The van der Waals surface area contributed by atoms with Crippen LogP contribution < -0.4 is 10.2 Å². The number of piperazine rings is 1. The molecule has 88 valence electrons. The number of amides is 2. The molecule has 2 rings (SSSR count). The molecule has 1 aliphatic heterocycles. The topological polar surface area (TPSA) is 66.5 Å². The maximum absolute atomic E-state index is 11.2. The number of benzene rings is 1. The first-order chi connectivity index (χ1) is 8.06. The fourth-order valence-corrected chi connectivity index (χ4v) is 1.73. The van der Waals surface area contributed by atoms with Crippen LogP contribution in [0.5, 0.6) is 0 Å². The predicted molar refractivity (Wildman–Crippen MR) is 61.8 cm³/mol. The summed E-state index contributed by atoms with van der Waals surface area (Å²) in [7, 11) is 0. The van der Waals surface area contributed by atoms with Crippen LogP contribution in [0.15, 0.2) is 24.3 Å². The molecule has 1 aromatic rings. The molecule has 1 aliphatic rings. The van der Waals surface area contributed by atoms with E-state index in [0.29, 0.717) is 5.56 Å². The van der Waals surface area contributed by atoms with Gasteiger partial charge in [-0.3, -0.25) is 19.7 Å². The average molecular weight is 232 g/mol. The summed E-state index contributed by atoms with van der Waals surface area (Å²) in [6, 6.07) is 6.86. The molecule has 1 aromatic carbocycles. The van der Waals surface area contributed by atoms with Gasteiger partial charge in [0.1, 0.15) is 0 Å². The molecule has 0 aliphatic carbocycles. The molecule has 0 bridgehead atoms. The number of imide groups is 1. The minimum Gasteiger partial charge on any atom is -0.353 e. The highest BCUT2D eigenvalue weighted by molar-refractivity contribution is 6.02. The van der Waals surface area contributed by atoms with Crippen molar-refractivity contribution in [3.05, 3.63) is 29.8 Å². The third kappa shape index (κ3) is 2.50. The Morgan fingerprint density at radius 2 is 1.65 bits per heavy atom. The molecular formula is C12H12N2O3. The summed E-state index contributed by atoms with van der Waals surface area (Å²) in [6.45, 7) is 1.81. The van der Waals surface area contributed by atoms with E-state index in [-0.39, 0.29) is 30.7 Å². The minimum atomic E-state index is -0.308. The predicted octanol–water partition coefficient (Wildman–Crippen LogP) is 0.352. The first-order valence-corrected chi connectivity index (χ1v) is 5.25. The Hall–Kier alpha value is -2.17. The summed E-state index contributed by atoms with van der Waals surface area (Å²) in [5.74, 6) is -0.627. The van der Waals surface area contributed by atoms with Crippen LogP contribution in [-0.4, -0.2) is 30.7 Å². The molecular weight excluding hydrogens is 220 g/mol. The van der Waals surface area contributed by atoms with E-state index in [4.69, 9.17) is 0 Å². The fraction of sp³-hybridized carbons (Fsp3) is 0.250. The van der Waals surface area contributed by atoms with Crippen LogP contribution in [0.2, 0.25) is 0 Å². The third-order valence-electron chi connectivity index (χ3n) is 2.59. The SMILES string of the molecule is CC(=O)c1ccc(N2CC(=O)NC(=O)C2)cc1. The van der Waals surface area contributed by atoms with E-state index < -0.39 is 0 Å². The molecule has 0 atom stereocenters. The number of rotatable bonds is 2. The molecule has 1 fully saturated rings. The van der Waals surface area contributed by atoms with Crippen molar-refractivity contribution in [2.24, 2.45) is 0 Å². The molecule has 0 radical (unpaired) electrons. The van der Waals surface area contributed by atoms with E-state index in [1.54, 1.807) is 29.2 Å². The maximum atomic E-state index is 11.2. The van der Waals surface area contributed by atoms with E-state index in [0.717, 1.165) is 5.69 Å². The van der Waals surface area contributed by atoms with Gasteiger partial charge in [-0.25, -0.2) is 0 Å². The number of hydrogen-bond acceptors (Lipinski definition) is 4. The van der Waals surface area contributed by atoms with Gasteiger partial charge in [0.2, 0.25) is 11.8 Å². The number of Topliss-reactive ketones (excluding diaryl/α,β-unsaturated/α-hetero) is 1. The fourth-order valence-electron chi connectivity index (χ4n) is 1.73. The number of nitrogens with zero attached hydrogens (tertiary/aromatic N) is 1. The Kier molecular flexibility index (Phi) is 2.91. The smallest absolute Gasteiger partial charge is 0.246 e. The van der Waals surface area contributed by atoms with Crippen molar-refractivity contribution in [1.82, 2.24) is 5.32 Å². The lowest BCUT2D eigenvalue weighted by molar-refractivity contribution is -0.130. The van der Waals surface area contributed by atoms with Crippen molar-refractivity contribution in [1.29, 1.82) is 0 Å². The average Bonchev–Trinajstić information content (AvgIpc) is 2.28. The van der Waals surface area contributed by atoms with E-state index in [1.807, 2.05) is 0 Å². The van der Waals surface area contributed by atoms with Gasteiger partial charge in [0.15, 0.2) is 5.78 Å². The van der Waals surface area contributed by atoms with Crippen LogP contribution in [0.25, 0.3) is 0 Å². The summed E-state index contributed by atoms with van der Waals surface area (Å²) < 4.78 is 0. The summed E-state index contributed by atoms with van der Waals surface area (Å²) in [5.41, 5.74) is 1.37. The number of ketones is 1. The molecule has 1 saturated heterocycles. The Balaban J connectivity index is 2.19. The van der Waals surface area contributed by atoms with Gasteiger partial charge in [-0.1, -0.05) is 0 Å². The van der Waals surface area contributed by atoms with E-state index >= 15 is 0 Å². The Bertz CT molecular complexity index is 463. The van der Waals surface area contributed by atoms with Gasteiger partial charge >= 0.3 is 0 Å². The van der Waals surface area contributed by atoms with Crippen molar-refractivity contribution in [3.8, 4) is 0 Å². The largest absolute Gasteiger partial charge is 0.353 e. The molecule has 5 nitrogen and oxygen atoms in total. The standard InChI is InChI=1S/C12H12N2O3/c1-8(15)9-2-4-10(5-3-9)14-6-11(16)13-12(17)7-14/h2-5H,6-7H2,1H3,(H,13,16,17). The summed E-state index contributed by atoms with van der Waals surface area (Å²) >= 11 is 0. The zero-order valence-corrected chi connectivity index (χ0v) is 9.40. The van der Waals surface area contributed by atoms with Gasteiger partial charge in [0.25, 0.3) is 0 Å². The summed E-state index contributed by atoms with van der Waals surface area (Å²) in [4.78, 5) is 35.2. The third-order valence-corrected chi connectivity index (χ3v) is 2.59. The summed E-state index contributed by atoms with van der Waals surface area (Å²) in [6.07, 6.45) is 0. The lowest BCUT2D eigenvalue weighted by Gasteiger charge is -2.27. The molecule has 0 spiro atoms. The second-order valence-corrected chi connectivity index (χ2v) is 3.93. The number of hydrogen-bond donors (Lipinski definition) is 1. The molecule has 0 unspecified atom stereocenters. The minimum absolute atomic E-state index is 0.0102. The van der Waals surface area contributed by atoms with Crippen LogP contribution in [0, 0.1) is 0 Å². The van der Waals surface area contributed by atoms with Crippen molar-refractivity contribution >= 4 is 23.3 Å². The zero-order chi connectivity index (χ0) is 12.4. The molecule has 2 amide bonds. The van der Waals surface area contributed by atoms with E-state index in [9.17, 15) is 14.4 Å². The molecule has 1 N–H and O–H groups in total.